The van der Waals surface area contributed by atoms with Crippen LogP contribution in [0.5, 0.6) is 5.75 Å². The van der Waals surface area contributed by atoms with Gasteiger partial charge in [-0.2, -0.15) is 8.78 Å². The zero-order valence-corrected chi connectivity index (χ0v) is 22.6. The summed E-state index contributed by atoms with van der Waals surface area (Å²) in [5, 5.41) is 0. The molecule has 0 aliphatic heterocycles. The maximum atomic E-state index is 12.7. The highest BCUT2D eigenvalue weighted by Crippen LogP contribution is 2.34. The number of ether oxygens (including phenoxy) is 1. The first-order valence-electron chi connectivity index (χ1n) is 14.1. The van der Waals surface area contributed by atoms with Gasteiger partial charge in [0, 0.05) is 36.8 Å². The fourth-order valence-corrected chi connectivity index (χ4v) is 5.63. The number of hydrogen-bond donors (Lipinski definition) is 0. The van der Waals surface area contributed by atoms with Gasteiger partial charge in [0.05, 0.1) is 11.4 Å². The van der Waals surface area contributed by atoms with Gasteiger partial charge in [-0.25, -0.2) is 4.98 Å². The number of nitrogens with zero attached hydrogens (tertiary/aromatic N) is 3. The first-order valence-corrected chi connectivity index (χ1v) is 14.1. The van der Waals surface area contributed by atoms with Gasteiger partial charge in [-0.15, -0.1) is 0 Å². The lowest BCUT2D eigenvalue weighted by atomic mass is 10.1. The quantitative estimate of drug-likeness (QED) is 0.184. The van der Waals surface area contributed by atoms with Gasteiger partial charge in [0.2, 0.25) is 0 Å². The summed E-state index contributed by atoms with van der Waals surface area (Å²) >= 11 is 0. The van der Waals surface area contributed by atoms with Crippen molar-refractivity contribution in [2.24, 2.45) is 0 Å². The van der Waals surface area contributed by atoms with Gasteiger partial charge in [0.25, 0.3) is 0 Å². The van der Waals surface area contributed by atoms with E-state index in [2.05, 4.69) is 69.7 Å². The normalized spacial score (nSPS) is 14.0. The Labute approximate surface area is 230 Å². The van der Waals surface area contributed by atoms with Gasteiger partial charge in [-0.3, -0.25) is 4.90 Å². The van der Waals surface area contributed by atoms with Crippen LogP contribution in [0, 0.1) is 0 Å². The summed E-state index contributed by atoms with van der Waals surface area (Å²) in [6.07, 6.45) is 6.98. The molecule has 0 unspecified atom stereocenters. The smallest absolute Gasteiger partial charge is 0.387 e. The Bertz CT molecular complexity index is 1300. The van der Waals surface area contributed by atoms with Crippen molar-refractivity contribution in [2.75, 3.05) is 0 Å². The topological polar surface area (TPSA) is 30.3 Å². The van der Waals surface area contributed by atoms with Crippen LogP contribution in [0.3, 0.4) is 0 Å². The van der Waals surface area contributed by atoms with E-state index in [0.29, 0.717) is 6.04 Å². The summed E-state index contributed by atoms with van der Waals surface area (Å²) in [5.41, 5.74) is 5.61. The number of hydrogen-bond acceptors (Lipinski definition) is 3. The van der Waals surface area contributed by atoms with Crippen LogP contribution in [-0.4, -0.2) is 27.1 Å². The molecular weight excluding hydrogens is 492 g/mol. The van der Waals surface area contributed by atoms with Crippen LogP contribution < -0.4 is 4.74 Å². The second-order valence-corrected chi connectivity index (χ2v) is 10.3. The van der Waals surface area contributed by atoms with Crippen LogP contribution in [0.2, 0.25) is 0 Å². The summed E-state index contributed by atoms with van der Waals surface area (Å²) in [5.74, 6) is 1.20. The summed E-state index contributed by atoms with van der Waals surface area (Å²) in [7, 11) is 0. The predicted octanol–water partition coefficient (Wildman–Crippen LogP) is 8.56. The number of alkyl halides is 2. The minimum Gasteiger partial charge on any atom is -0.435 e. The predicted molar refractivity (Wildman–Crippen MR) is 153 cm³/mol. The molecule has 1 saturated carbocycles. The van der Waals surface area contributed by atoms with E-state index in [4.69, 9.17) is 4.98 Å². The minimum absolute atomic E-state index is 0.192. The number of imidazole rings is 1. The molecule has 5 rings (SSSR count). The maximum Gasteiger partial charge on any atom is 0.387 e. The molecule has 0 saturated heterocycles. The average molecular weight is 530 g/mol. The van der Waals surface area contributed by atoms with Crippen molar-refractivity contribution >= 4 is 0 Å². The van der Waals surface area contributed by atoms with Crippen molar-refractivity contribution in [1.29, 1.82) is 0 Å². The van der Waals surface area contributed by atoms with Gasteiger partial charge >= 0.3 is 6.61 Å². The van der Waals surface area contributed by atoms with Gasteiger partial charge < -0.3 is 9.30 Å². The Morgan fingerprint density at radius 2 is 1.51 bits per heavy atom. The number of aromatic nitrogens is 2. The van der Waals surface area contributed by atoms with Crippen LogP contribution in [0.1, 0.15) is 56.7 Å². The second kappa shape index (κ2) is 13.0. The van der Waals surface area contributed by atoms with Crippen LogP contribution in [0.15, 0.2) is 84.9 Å². The van der Waals surface area contributed by atoms with Crippen LogP contribution in [0.4, 0.5) is 8.78 Å². The Morgan fingerprint density at radius 1 is 0.872 bits per heavy atom. The molecule has 1 aliphatic rings. The standard InChI is InChI=1S/C33H37F2N3O/c1-2-3-22-38-30(31(26-12-6-4-7-13-26)36-32(38)27-14-8-5-9-15-27)24-37(28-16-10-11-17-28)23-25-18-20-29(21-19-25)39-33(34)35/h4-9,12-15,18-21,28,33H,2-3,10-11,16-17,22-24H2,1H3. The molecule has 4 aromatic rings. The molecule has 3 aromatic carbocycles. The molecule has 39 heavy (non-hydrogen) atoms. The molecule has 0 bridgehead atoms. The lowest BCUT2D eigenvalue weighted by Gasteiger charge is -2.30. The molecule has 0 amide bonds. The second-order valence-electron chi connectivity index (χ2n) is 10.3. The number of benzene rings is 3. The van der Waals surface area contributed by atoms with E-state index in [0.717, 1.165) is 60.7 Å². The highest BCUT2D eigenvalue weighted by molar-refractivity contribution is 5.68. The fraction of sp³-hybridized carbons (Fsp3) is 0.364. The molecule has 0 spiro atoms. The molecule has 1 aromatic heterocycles. The molecule has 1 fully saturated rings. The summed E-state index contributed by atoms with van der Waals surface area (Å²) in [4.78, 5) is 7.84. The zero-order chi connectivity index (χ0) is 27.0. The van der Waals surface area contributed by atoms with Crippen molar-refractivity contribution in [3.8, 4) is 28.4 Å². The highest BCUT2D eigenvalue weighted by Gasteiger charge is 2.27. The van der Waals surface area contributed by atoms with E-state index in [1.807, 2.05) is 24.3 Å². The van der Waals surface area contributed by atoms with E-state index in [1.54, 1.807) is 12.1 Å². The SMILES string of the molecule is CCCCn1c(-c2ccccc2)nc(-c2ccccc2)c1CN(Cc1ccc(OC(F)F)cc1)C1CCCC1. The fourth-order valence-electron chi connectivity index (χ4n) is 5.63. The molecule has 1 aliphatic carbocycles. The molecule has 0 radical (unpaired) electrons. The largest absolute Gasteiger partial charge is 0.435 e. The lowest BCUT2D eigenvalue weighted by molar-refractivity contribution is -0.0498. The molecule has 0 atom stereocenters. The van der Waals surface area contributed by atoms with Crippen molar-refractivity contribution in [1.82, 2.24) is 14.5 Å². The van der Waals surface area contributed by atoms with Crippen LogP contribution in [0.25, 0.3) is 22.6 Å². The third-order valence-electron chi connectivity index (χ3n) is 7.62. The Kier molecular flexibility index (Phi) is 9.04. The molecule has 4 nitrogen and oxygen atoms in total. The van der Waals surface area contributed by atoms with Crippen molar-refractivity contribution in [3.63, 3.8) is 0 Å². The number of halogens is 2. The highest BCUT2D eigenvalue weighted by atomic mass is 19.3. The van der Waals surface area contributed by atoms with E-state index < -0.39 is 6.61 Å². The summed E-state index contributed by atoms with van der Waals surface area (Å²) in [6.45, 7) is 1.84. The first kappa shape index (κ1) is 27.1. The van der Waals surface area contributed by atoms with Crippen LogP contribution in [-0.2, 0) is 19.6 Å². The number of rotatable bonds is 12. The first-order chi connectivity index (χ1) is 19.1. The minimum atomic E-state index is -2.82. The summed E-state index contributed by atoms with van der Waals surface area (Å²) in [6, 6.07) is 28.5. The Hall–Kier alpha value is -3.51. The lowest BCUT2D eigenvalue weighted by Crippen LogP contribution is -2.33. The molecular formula is C33H37F2N3O. The Morgan fingerprint density at radius 3 is 2.13 bits per heavy atom. The van der Waals surface area contributed by atoms with Crippen molar-refractivity contribution in [2.45, 2.75) is 77.7 Å². The van der Waals surface area contributed by atoms with E-state index in [9.17, 15) is 8.78 Å². The van der Waals surface area contributed by atoms with Gasteiger partial charge in [-0.05, 0) is 37.0 Å². The molecule has 204 valence electrons. The zero-order valence-electron chi connectivity index (χ0n) is 22.6. The Balaban J connectivity index is 1.54. The maximum absolute atomic E-state index is 12.7. The van der Waals surface area contributed by atoms with E-state index in [1.165, 1.54) is 31.4 Å². The summed E-state index contributed by atoms with van der Waals surface area (Å²) < 4.78 is 32.3. The van der Waals surface area contributed by atoms with E-state index in [-0.39, 0.29) is 5.75 Å². The molecule has 6 heteroatoms. The van der Waals surface area contributed by atoms with E-state index >= 15 is 0 Å². The third-order valence-corrected chi connectivity index (χ3v) is 7.62. The van der Waals surface area contributed by atoms with Gasteiger partial charge in [-0.1, -0.05) is 99.0 Å². The molecule has 0 N–H and O–H groups in total. The molecule has 1 heterocycles. The van der Waals surface area contributed by atoms with Crippen LogP contribution >= 0.6 is 0 Å². The third kappa shape index (κ3) is 6.74. The average Bonchev–Trinajstić information content (AvgIpc) is 3.62. The van der Waals surface area contributed by atoms with Crippen molar-refractivity contribution < 1.29 is 13.5 Å². The monoisotopic (exact) mass is 529 g/mol. The van der Waals surface area contributed by atoms with Crippen molar-refractivity contribution in [3.05, 3.63) is 96.2 Å². The number of unbranched alkanes of at least 4 members (excludes halogenated alkanes) is 1. The van der Waals surface area contributed by atoms with Gasteiger partial charge in [0.1, 0.15) is 11.6 Å². The van der Waals surface area contributed by atoms with Gasteiger partial charge in [0.15, 0.2) is 0 Å².